The lowest BCUT2D eigenvalue weighted by molar-refractivity contribution is -0.130. The van der Waals surface area contributed by atoms with Gasteiger partial charge in [0.15, 0.2) is 0 Å². The van der Waals surface area contributed by atoms with Crippen molar-refractivity contribution in [2.45, 2.75) is 45.3 Å². The molecule has 3 heterocycles. The lowest BCUT2D eigenvalue weighted by atomic mass is 10.1. The van der Waals surface area contributed by atoms with Gasteiger partial charge in [0.2, 0.25) is 0 Å². The second-order valence-corrected chi connectivity index (χ2v) is 9.03. The van der Waals surface area contributed by atoms with Crippen molar-refractivity contribution in [3.05, 3.63) is 46.7 Å². The topological polar surface area (TPSA) is 104 Å². The number of aromatic nitrogens is 5. The minimum atomic E-state index is -0.674. The average Bonchev–Trinajstić information content (AvgIpc) is 3.47. The van der Waals surface area contributed by atoms with Gasteiger partial charge in [-0.05, 0) is 61.9 Å². The zero-order chi connectivity index (χ0) is 21.8. The molecule has 1 unspecified atom stereocenters. The van der Waals surface area contributed by atoms with Crippen molar-refractivity contribution < 1.29 is 19.1 Å². The number of nitrogens with zero attached hydrogens (tertiary/aromatic N) is 6. The average molecular weight is 445 g/mol. The largest absolute Gasteiger partial charge is 0.528 e. The summed E-state index contributed by atoms with van der Waals surface area (Å²) < 4.78 is 12.6. The number of hydroxylamine groups is 2. The molecule has 0 aliphatic carbocycles. The maximum absolute atomic E-state index is 11.8. The number of thiazole rings is 1. The minimum absolute atomic E-state index is 0.219. The summed E-state index contributed by atoms with van der Waals surface area (Å²) in [6.07, 6.45) is 1.73. The Hall–Kier alpha value is -3.05. The number of hydrogen-bond donors (Lipinski definition) is 0. The molecule has 1 fully saturated rings. The molecule has 0 amide bonds. The molecule has 31 heavy (non-hydrogen) atoms. The van der Waals surface area contributed by atoms with Crippen LogP contribution < -0.4 is 4.74 Å². The first-order chi connectivity index (χ1) is 14.9. The van der Waals surface area contributed by atoms with Crippen molar-refractivity contribution in [3.63, 3.8) is 0 Å². The first kappa shape index (κ1) is 21.2. The summed E-state index contributed by atoms with van der Waals surface area (Å²) >= 11 is 1.60. The molecule has 1 saturated heterocycles. The zero-order valence-corrected chi connectivity index (χ0v) is 18.4. The van der Waals surface area contributed by atoms with E-state index < -0.39 is 11.8 Å². The fourth-order valence-electron chi connectivity index (χ4n) is 3.10. The molecule has 0 N–H and O–H groups in total. The molecule has 164 valence electrons. The molecule has 1 atom stereocenters. The van der Waals surface area contributed by atoms with Gasteiger partial charge in [0.25, 0.3) is 0 Å². The third kappa shape index (κ3) is 5.76. The van der Waals surface area contributed by atoms with Crippen LogP contribution >= 0.6 is 11.3 Å². The molecule has 11 heteroatoms. The fraction of sp³-hybridized carbons (Fsp3) is 0.450. The van der Waals surface area contributed by atoms with Crippen LogP contribution in [-0.4, -0.2) is 55.1 Å². The van der Waals surface area contributed by atoms with E-state index in [1.54, 1.807) is 21.1 Å². The quantitative estimate of drug-likeness (QED) is 0.529. The van der Waals surface area contributed by atoms with Crippen LogP contribution in [0.2, 0.25) is 0 Å². The molecule has 0 bridgehead atoms. The highest BCUT2D eigenvalue weighted by atomic mass is 32.1. The van der Waals surface area contributed by atoms with Crippen LogP contribution in [0.1, 0.15) is 43.8 Å². The predicted octanol–water partition coefficient (Wildman–Crippen LogP) is 3.35. The predicted molar refractivity (Wildman–Crippen MR) is 112 cm³/mol. The highest BCUT2D eigenvalue weighted by Gasteiger charge is 2.30. The molecule has 4 rings (SSSR count). The Balaban J connectivity index is 1.26. The number of benzene rings is 1. The van der Waals surface area contributed by atoms with Crippen molar-refractivity contribution >= 4 is 17.5 Å². The Morgan fingerprint density at radius 3 is 2.77 bits per heavy atom. The summed E-state index contributed by atoms with van der Waals surface area (Å²) in [7, 11) is 0. The van der Waals surface area contributed by atoms with Gasteiger partial charge < -0.3 is 14.3 Å². The van der Waals surface area contributed by atoms with Crippen LogP contribution in [0.5, 0.6) is 5.75 Å². The Labute approximate surface area is 183 Å². The Kier molecular flexibility index (Phi) is 6.14. The van der Waals surface area contributed by atoms with Crippen molar-refractivity contribution in [2.75, 3.05) is 13.1 Å². The van der Waals surface area contributed by atoms with E-state index in [0.717, 1.165) is 28.6 Å². The van der Waals surface area contributed by atoms with E-state index in [9.17, 15) is 4.79 Å². The Bertz CT molecular complexity index is 1000. The third-order valence-electron chi connectivity index (χ3n) is 4.50. The van der Waals surface area contributed by atoms with E-state index >= 15 is 0 Å². The summed E-state index contributed by atoms with van der Waals surface area (Å²) in [6.45, 7) is 7.06. The number of hydrogen-bond acceptors (Lipinski definition) is 10. The fourth-order valence-corrected chi connectivity index (χ4v) is 4.03. The molecule has 2 aromatic heterocycles. The van der Waals surface area contributed by atoms with Gasteiger partial charge in [0, 0.05) is 24.4 Å². The van der Waals surface area contributed by atoms with Crippen molar-refractivity contribution in [2.24, 2.45) is 0 Å². The molecular weight excluding hydrogens is 420 g/mol. The van der Waals surface area contributed by atoms with E-state index in [1.165, 1.54) is 6.33 Å². The monoisotopic (exact) mass is 444 g/mol. The zero-order valence-electron chi connectivity index (χ0n) is 17.6. The van der Waals surface area contributed by atoms with Crippen LogP contribution in [0.4, 0.5) is 4.79 Å². The molecule has 0 saturated carbocycles. The second-order valence-electron chi connectivity index (χ2n) is 8.14. The van der Waals surface area contributed by atoms with Crippen molar-refractivity contribution in [1.82, 2.24) is 30.3 Å². The molecular formula is C20H24N6O4S. The van der Waals surface area contributed by atoms with Gasteiger partial charge in [-0.1, -0.05) is 0 Å². The molecule has 0 radical (unpaired) electrons. The van der Waals surface area contributed by atoms with Gasteiger partial charge in [-0.2, -0.15) is 0 Å². The summed E-state index contributed by atoms with van der Waals surface area (Å²) in [6, 6.07) is 7.51. The highest BCUT2D eigenvalue weighted by molar-refractivity contribution is 7.09. The summed E-state index contributed by atoms with van der Waals surface area (Å²) in [4.78, 5) is 21.8. The van der Waals surface area contributed by atoms with Gasteiger partial charge in [-0.3, -0.25) is 0 Å². The van der Waals surface area contributed by atoms with Crippen molar-refractivity contribution in [1.29, 1.82) is 0 Å². The number of ether oxygens (including phenoxy) is 2. The maximum atomic E-state index is 11.8. The molecule has 0 spiro atoms. The second kappa shape index (κ2) is 8.98. The van der Waals surface area contributed by atoms with Crippen LogP contribution in [0.3, 0.4) is 0 Å². The number of tetrazole rings is 1. The third-order valence-corrected chi connectivity index (χ3v) is 5.56. The van der Waals surface area contributed by atoms with Crippen LogP contribution in [0.25, 0.3) is 5.69 Å². The maximum Gasteiger partial charge on any atom is 0.528 e. The van der Waals surface area contributed by atoms with Gasteiger partial charge in [-0.15, -0.1) is 21.5 Å². The molecule has 1 aliphatic heterocycles. The lowest BCUT2D eigenvalue weighted by Crippen LogP contribution is -2.30. The van der Waals surface area contributed by atoms with E-state index in [-0.39, 0.29) is 5.92 Å². The normalized spacial score (nSPS) is 16.9. The van der Waals surface area contributed by atoms with E-state index in [0.29, 0.717) is 19.7 Å². The first-order valence-corrected chi connectivity index (χ1v) is 10.8. The highest BCUT2D eigenvalue weighted by Crippen LogP contribution is 2.30. The van der Waals surface area contributed by atoms with Gasteiger partial charge in [-0.25, -0.2) is 14.5 Å². The molecule has 10 nitrogen and oxygen atoms in total. The standard InChI is InChI=1S/C20H24N6O4S/c1-20(2,3)29-19(27)30-25-9-8-14(10-25)18-22-15(12-31-18)11-28-17-6-4-16(5-7-17)26-13-21-23-24-26/h4-7,12-14H,8-11H2,1-3H3. The Morgan fingerprint density at radius 1 is 1.26 bits per heavy atom. The Morgan fingerprint density at radius 2 is 2.06 bits per heavy atom. The smallest absolute Gasteiger partial charge is 0.487 e. The summed E-state index contributed by atoms with van der Waals surface area (Å²) in [5.41, 5.74) is 1.15. The van der Waals surface area contributed by atoms with Crippen molar-refractivity contribution in [3.8, 4) is 11.4 Å². The van der Waals surface area contributed by atoms with Crippen LogP contribution in [-0.2, 0) is 16.2 Å². The summed E-state index contributed by atoms with van der Waals surface area (Å²) in [5.74, 6) is 0.959. The molecule has 1 aromatic carbocycles. The molecule has 1 aliphatic rings. The van der Waals surface area contributed by atoms with Gasteiger partial charge in [0.1, 0.15) is 24.3 Å². The number of carbonyl (C=O) groups is 1. The van der Waals surface area contributed by atoms with Gasteiger partial charge >= 0.3 is 6.16 Å². The number of rotatable bonds is 6. The lowest BCUT2D eigenvalue weighted by Gasteiger charge is -2.21. The van der Waals surface area contributed by atoms with E-state index in [2.05, 4.69) is 15.5 Å². The minimum Gasteiger partial charge on any atom is -0.487 e. The van der Waals surface area contributed by atoms with Crippen LogP contribution in [0, 0.1) is 0 Å². The van der Waals surface area contributed by atoms with Gasteiger partial charge in [0.05, 0.1) is 16.4 Å². The van der Waals surface area contributed by atoms with E-state index in [1.807, 2.05) is 50.4 Å². The number of carbonyl (C=O) groups excluding carboxylic acids is 1. The SMILES string of the molecule is CC(C)(C)OC(=O)ON1CCC(c2nc(COc3ccc(-n4cnnn4)cc3)cs2)C1. The van der Waals surface area contributed by atoms with Crippen LogP contribution in [0.15, 0.2) is 36.0 Å². The van der Waals surface area contributed by atoms with E-state index in [4.69, 9.17) is 19.3 Å². The first-order valence-electron chi connectivity index (χ1n) is 9.92. The summed E-state index contributed by atoms with van der Waals surface area (Å²) in [5, 5.41) is 15.8. The molecule has 3 aromatic rings.